The molecule has 3 atom stereocenters. The molecule has 1 N–H and O–H groups in total. The molecular weight excluding hydrogens is 463 g/mol. The third-order valence-electron chi connectivity index (χ3n) is 9.40. The number of ether oxygens (including phenoxy) is 1. The van der Waals surface area contributed by atoms with Crippen LogP contribution in [0.3, 0.4) is 0 Å². The fourth-order valence-electron chi connectivity index (χ4n) is 7.17. The zero-order valence-corrected chi connectivity index (χ0v) is 21.9. The van der Waals surface area contributed by atoms with Gasteiger partial charge in [0.1, 0.15) is 18.2 Å². The van der Waals surface area contributed by atoms with E-state index >= 15 is 0 Å². The number of hydrogen-bond donors (Lipinski definition) is 1. The van der Waals surface area contributed by atoms with Gasteiger partial charge in [-0.25, -0.2) is 4.39 Å². The van der Waals surface area contributed by atoms with Crippen LogP contribution in [0.5, 0.6) is 5.75 Å². The van der Waals surface area contributed by atoms with Gasteiger partial charge in [0.2, 0.25) is 0 Å². The first-order valence-electron chi connectivity index (χ1n) is 13.6. The Labute approximate surface area is 218 Å². The van der Waals surface area contributed by atoms with Crippen molar-refractivity contribution in [3.63, 3.8) is 0 Å². The Morgan fingerprint density at radius 1 is 1.05 bits per heavy atom. The summed E-state index contributed by atoms with van der Waals surface area (Å²) in [4.78, 5) is 11.6. The number of hydrogen-bond acceptors (Lipinski definition) is 2. The molecule has 0 amide bonds. The summed E-state index contributed by atoms with van der Waals surface area (Å²) in [5, 5.41) is 9.56. The number of aryl methyl sites for hydroxylation is 2. The van der Waals surface area contributed by atoms with Gasteiger partial charge < -0.3 is 9.84 Å². The van der Waals surface area contributed by atoms with Gasteiger partial charge in [-0.1, -0.05) is 56.2 Å². The number of benzene rings is 3. The number of fused-ring (bicyclic) bond motifs is 2. The zero-order chi connectivity index (χ0) is 25.9. The van der Waals surface area contributed by atoms with E-state index in [2.05, 4.69) is 44.2 Å². The van der Waals surface area contributed by atoms with Crippen LogP contribution >= 0.6 is 0 Å². The second-order valence-electron chi connectivity index (χ2n) is 12.2. The molecule has 3 aliphatic rings. The maximum Gasteiger partial charge on any atom is 0.307 e. The van der Waals surface area contributed by atoms with E-state index in [0.29, 0.717) is 18.1 Å². The number of aliphatic carboxylic acids is 1. The van der Waals surface area contributed by atoms with Crippen LogP contribution in [0.2, 0.25) is 0 Å². The average molecular weight is 499 g/mol. The van der Waals surface area contributed by atoms with Gasteiger partial charge in [-0.3, -0.25) is 4.79 Å². The van der Waals surface area contributed by atoms with Crippen LogP contribution in [0.25, 0.3) is 11.1 Å². The van der Waals surface area contributed by atoms with E-state index in [-0.39, 0.29) is 22.6 Å². The molecule has 4 heteroatoms. The van der Waals surface area contributed by atoms with E-state index in [9.17, 15) is 14.3 Å². The SMILES string of the molecule is Cc1ccc(F)c(-c2ccc(COc3ccc4c(c3)[C@@]3(CC4)C[C@@H]3C(=O)O)cc2[C@H]2CCCC2(C)C)c1. The Bertz CT molecular complexity index is 1390. The summed E-state index contributed by atoms with van der Waals surface area (Å²) >= 11 is 0. The molecular formula is C33H35FO3. The highest BCUT2D eigenvalue weighted by Crippen LogP contribution is 2.62. The molecule has 1 spiro atoms. The third-order valence-corrected chi connectivity index (χ3v) is 9.40. The highest BCUT2D eigenvalue weighted by molar-refractivity contribution is 5.78. The molecule has 0 aliphatic heterocycles. The third kappa shape index (κ3) is 4.15. The van der Waals surface area contributed by atoms with Crippen LogP contribution in [-0.2, 0) is 23.2 Å². The van der Waals surface area contributed by atoms with Crippen LogP contribution in [0.15, 0.2) is 54.6 Å². The zero-order valence-electron chi connectivity index (χ0n) is 21.9. The molecule has 37 heavy (non-hydrogen) atoms. The molecule has 6 rings (SSSR count). The van der Waals surface area contributed by atoms with Crippen molar-refractivity contribution in [2.45, 2.75) is 77.2 Å². The van der Waals surface area contributed by atoms with Crippen molar-refractivity contribution in [1.82, 2.24) is 0 Å². The maximum absolute atomic E-state index is 15.0. The molecule has 3 nitrogen and oxygen atoms in total. The van der Waals surface area contributed by atoms with Crippen molar-refractivity contribution >= 4 is 5.97 Å². The van der Waals surface area contributed by atoms with Gasteiger partial charge in [0, 0.05) is 11.0 Å². The molecule has 2 fully saturated rings. The van der Waals surface area contributed by atoms with Gasteiger partial charge in [-0.15, -0.1) is 0 Å². The second kappa shape index (κ2) is 8.72. The first-order valence-corrected chi connectivity index (χ1v) is 13.6. The topological polar surface area (TPSA) is 46.5 Å². The van der Waals surface area contributed by atoms with Gasteiger partial charge in [-0.2, -0.15) is 0 Å². The van der Waals surface area contributed by atoms with Crippen molar-refractivity contribution in [2.24, 2.45) is 11.3 Å². The summed E-state index contributed by atoms with van der Waals surface area (Å²) in [5.41, 5.74) is 7.37. The molecule has 0 radical (unpaired) electrons. The Kier molecular flexibility index (Phi) is 5.70. The van der Waals surface area contributed by atoms with Gasteiger partial charge in [-0.05, 0) is 102 Å². The lowest BCUT2D eigenvalue weighted by Gasteiger charge is -2.30. The number of halogens is 1. The van der Waals surface area contributed by atoms with E-state index in [1.54, 1.807) is 6.07 Å². The second-order valence-corrected chi connectivity index (χ2v) is 12.2. The predicted octanol–water partition coefficient (Wildman–Crippen LogP) is 7.96. The van der Waals surface area contributed by atoms with Crippen LogP contribution in [-0.4, -0.2) is 11.1 Å². The van der Waals surface area contributed by atoms with E-state index in [1.165, 1.54) is 24.0 Å². The van der Waals surface area contributed by atoms with E-state index in [4.69, 9.17) is 4.74 Å². The van der Waals surface area contributed by atoms with Crippen molar-refractivity contribution in [3.8, 4) is 16.9 Å². The van der Waals surface area contributed by atoms with Crippen molar-refractivity contribution in [2.75, 3.05) is 0 Å². The fraction of sp³-hybridized carbons (Fsp3) is 0.424. The lowest BCUT2D eigenvalue weighted by molar-refractivity contribution is -0.139. The predicted molar refractivity (Wildman–Crippen MR) is 143 cm³/mol. The smallest absolute Gasteiger partial charge is 0.307 e. The molecule has 0 unspecified atom stereocenters. The Morgan fingerprint density at radius 3 is 2.62 bits per heavy atom. The molecule has 3 aromatic rings. The average Bonchev–Trinajstić information content (AvgIpc) is 3.36. The van der Waals surface area contributed by atoms with Crippen LogP contribution in [0, 0.1) is 24.1 Å². The number of carbonyl (C=O) groups is 1. The largest absolute Gasteiger partial charge is 0.489 e. The summed E-state index contributed by atoms with van der Waals surface area (Å²) < 4.78 is 21.2. The first-order chi connectivity index (χ1) is 17.7. The normalized spacial score (nSPS) is 25.3. The quantitative estimate of drug-likeness (QED) is 0.375. The van der Waals surface area contributed by atoms with E-state index in [1.807, 2.05) is 25.1 Å². The van der Waals surface area contributed by atoms with Crippen molar-refractivity contribution in [3.05, 3.63) is 88.2 Å². The molecule has 2 saturated carbocycles. The van der Waals surface area contributed by atoms with Gasteiger partial charge in [0.25, 0.3) is 0 Å². The van der Waals surface area contributed by atoms with Gasteiger partial charge in [0.15, 0.2) is 0 Å². The Balaban J connectivity index is 1.30. The monoisotopic (exact) mass is 498 g/mol. The van der Waals surface area contributed by atoms with Crippen molar-refractivity contribution in [1.29, 1.82) is 0 Å². The highest BCUT2D eigenvalue weighted by Gasteiger charge is 2.61. The van der Waals surface area contributed by atoms with Gasteiger partial charge >= 0.3 is 5.97 Å². The Morgan fingerprint density at radius 2 is 1.89 bits per heavy atom. The maximum atomic E-state index is 15.0. The van der Waals surface area contributed by atoms with Gasteiger partial charge in [0.05, 0.1) is 5.92 Å². The van der Waals surface area contributed by atoms with Crippen LogP contribution in [0.1, 0.15) is 79.7 Å². The standard InChI is InChI=1S/C33H35FO3/c1-20-6-11-30(34)26(15-20)24-10-7-21(16-25(24)27-5-4-13-32(27,2)3)19-37-23-9-8-22-12-14-33(28(22)17-23)18-29(33)31(35)36/h6-11,15-17,27,29H,4-5,12-14,18-19H2,1-3H3,(H,35,36)/t27-,29-,33-/m1/s1. The van der Waals surface area contributed by atoms with Crippen LogP contribution < -0.4 is 4.74 Å². The lowest BCUT2D eigenvalue weighted by Crippen LogP contribution is -2.17. The Hall–Kier alpha value is -3.14. The minimum atomic E-state index is -0.688. The van der Waals surface area contributed by atoms with E-state index in [0.717, 1.165) is 53.7 Å². The van der Waals surface area contributed by atoms with Crippen molar-refractivity contribution < 1.29 is 19.0 Å². The molecule has 0 bridgehead atoms. The van der Waals surface area contributed by atoms with Crippen LogP contribution in [0.4, 0.5) is 4.39 Å². The number of carboxylic acids is 1. The number of rotatable bonds is 6. The molecule has 0 heterocycles. The summed E-state index contributed by atoms with van der Waals surface area (Å²) in [5.74, 6) is 0.0127. The highest BCUT2D eigenvalue weighted by atomic mass is 19.1. The molecule has 0 saturated heterocycles. The fourth-order valence-corrected chi connectivity index (χ4v) is 7.17. The minimum Gasteiger partial charge on any atom is -0.489 e. The molecule has 3 aromatic carbocycles. The molecule has 3 aliphatic carbocycles. The molecule has 192 valence electrons. The summed E-state index contributed by atoms with van der Waals surface area (Å²) in [6.07, 6.45) is 6.05. The molecule has 0 aromatic heterocycles. The first kappa shape index (κ1) is 24.2. The summed E-state index contributed by atoms with van der Waals surface area (Å²) in [6.45, 7) is 7.08. The van der Waals surface area contributed by atoms with E-state index < -0.39 is 5.97 Å². The number of carboxylic acid groups (broad SMARTS) is 1. The summed E-state index contributed by atoms with van der Waals surface area (Å²) in [7, 11) is 0. The summed E-state index contributed by atoms with van der Waals surface area (Å²) in [6, 6.07) is 17.9. The minimum absolute atomic E-state index is 0.160. The lowest BCUT2D eigenvalue weighted by atomic mass is 9.75.